The molecule has 0 aromatic heterocycles. The van der Waals surface area contributed by atoms with Gasteiger partial charge in [0.1, 0.15) is 0 Å². The van der Waals surface area contributed by atoms with Gasteiger partial charge in [-0.3, -0.25) is 4.79 Å². The Bertz CT molecular complexity index is 626. The first kappa shape index (κ1) is 14.6. The fourth-order valence-electron chi connectivity index (χ4n) is 1.79. The fraction of sp³-hybridized carbons (Fsp3) is 0.125. The average Bonchev–Trinajstić information content (AvgIpc) is 2.53. The van der Waals surface area contributed by atoms with Crippen LogP contribution in [0.3, 0.4) is 0 Å². The van der Waals surface area contributed by atoms with Crippen LogP contribution in [0.4, 0.5) is 11.4 Å². The minimum Gasteiger partial charge on any atom is -0.465 e. The van der Waals surface area contributed by atoms with E-state index in [0.29, 0.717) is 11.3 Å². The monoisotopic (exact) mass is 284 g/mol. The highest BCUT2D eigenvalue weighted by molar-refractivity contribution is 5.96. The molecule has 0 unspecified atom stereocenters. The summed E-state index contributed by atoms with van der Waals surface area (Å²) in [5.41, 5.74) is 1.82. The Morgan fingerprint density at radius 1 is 1.00 bits per heavy atom. The molecule has 2 aromatic carbocycles. The number of amides is 1. The van der Waals surface area contributed by atoms with Crippen molar-refractivity contribution in [2.24, 2.45) is 0 Å². The molecule has 1 amide bonds. The van der Waals surface area contributed by atoms with E-state index in [1.807, 2.05) is 30.3 Å². The normalized spacial score (nSPS) is 9.76. The molecule has 0 bridgehead atoms. The first-order chi connectivity index (χ1) is 10.2. The predicted molar refractivity (Wildman–Crippen MR) is 81.3 cm³/mol. The molecule has 0 spiro atoms. The fourth-order valence-corrected chi connectivity index (χ4v) is 1.79. The summed E-state index contributed by atoms with van der Waals surface area (Å²) in [7, 11) is 1.32. The van der Waals surface area contributed by atoms with Gasteiger partial charge in [0.2, 0.25) is 5.91 Å². The van der Waals surface area contributed by atoms with Crippen LogP contribution in [0.15, 0.2) is 54.6 Å². The minimum absolute atomic E-state index is 0.145. The molecule has 0 radical (unpaired) electrons. The molecule has 0 aliphatic rings. The van der Waals surface area contributed by atoms with Crippen LogP contribution in [-0.2, 0) is 9.53 Å². The van der Waals surface area contributed by atoms with Crippen LogP contribution < -0.4 is 10.6 Å². The van der Waals surface area contributed by atoms with Gasteiger partial charge in [0, 0.05) is 11.4 Å². The smallest absolute Gasteiger partial charge is 0.337 e. The van der Waals surface area contributed by atoms with Crippen molar-refractivity contribution >= 4 is 23.3 Å². The van der Waals surface area contributed by atoms with Crippen LogP contribution in [0, 0.1) is 0 Å². The van der Waals surface area contributed by atoms with Gasteiger partial charge in [-0.15, -0.1) is 0 Å². The molecule has 5 heteroatoms. The van der Waals surface area contributed by atoms with Gasteiger partial charge in [-0.05, 0) is 30.3 Å². The Morgan fingerprint density at radius 2 is 1.71 bits per heavy atom. The molecule has 0 saturated heterocycles. The number of ether oxygens (including phenoxy) is 1. The summed E-state index contributed by atoms with van der Waals surface area (Å²) in [6, 6.07) is 16.1. The molecule has 108 valence electrons. The van der Waals surface area contributed by atoms with Crippen molar-refractivity contribution in [3.05, 3.63) is 60.2 Å². The number of hydrogen-bond donors (Lipinski definition) is 2. The second-order valence-corrected chi connectivity index (χ2v) is 4.34. The van der Waals surface area contributed by atoms with Crippen molar-refractivity contribution in [1.82, 2.24) is 0 Å². The molecular weight excluding hydrogens is 268 g/mol. The SMILES string of the molecule is COC(=O)c1cccc(NC(=O)CNc2ccccc2)c1. The van der Waals surface area contributed by atoms with E-state index in [0.717, 1.165) is 5.69 Å². The lowest BCUT2D eigenvalue weighted by atomic mass is 10.2. The number of nitrogens with one attached hydrogen (secondary N) is 2. The summed E-state index contributed by atoms with van der Waals surface area (Å²) >= 11 is 0. The summed E-state index contributed by atoms with van der Waals surface area (Å²) in [6.07, 6.45) is 0. The van der Waals surface area contributed by atoms with Gasteiger partial charge < -0.3 is 15.4 Å². The second-order valence-electron chi connectivity index (χ2n) is 4.34. The van der Waals surface area contributed by atoms with Gasteiger partial charge in [0.05, 0.1) is 19.2 Å². The first-order valence-corrected chi connectivity index (χ1v) is 6.46. The topological polar surface area (TPSA) is 67.4 Å². The van der Waals surface area contributed by atoms with E-state index in [-0.39, 0.29) is 12.5 Å². The maximum atomic E-state index is 11.8. The minimum atomic E-state index is -0.437. The van der Waals surface area contributed by atoms with E-state index < -0.39 is 5.97 Å². The molecule has 0 heterocycles. The molecule has 0 atom stereocenters. The van der Waals surface area contributed by atoms with E-state index in [4.69, 9.17) is 0 Å². The van der Waals surface area contributed by atoms with Gasteiger partial charge in [0.15, 0.2) is 0 Å². The molecule has 0 fully saturated rings. The number of rotatable bonds is 5. The highest BCUT2D eigenvalue weighted by Crippen LogP contribution is 2.11. The van der Waals surface area contributed by atoms with Gasteiger partial charge >= 0.3 is 5.97 Å². The number of anilines is 2. The molecule has 5 nitrogen and oxygen atoms in total. The Labute approximate surface area is 122 Å². The van der Waals surface area contributed by atoms with Crippen LogP contribution in [0.5, 0.6) is 0 Å². The van der Waals surface area contributed by atoms with E-state index >= 15 is 0 Å². The molecule has 2 rings (SSSR count). The Balaban J connectivity index is 1.92. The highest BCUT2D eigenvalue weighted by Gasteiger charge is 2.07. The molecule has 0 aliphatic heterocycles. The van der Waals surface area contributed by atoms with E-state index in [1.165, 1.54) is 7.11 Å². The standard InChI is InChI=1S/C16H16N2O3/c1-21-16(20)12-6-5-9-14(10-12)18-15(19)11-17-13-7-3-2-4-8-13/h2-10,17H,11H2,1H3,(H,18,19). The van der Waals surface area contributed by atoms with Crippen molar-refractivity contribution in [2.75, 3.05) is 24.3 Å². The highest BCUT2D eigenvalue weighted by atomic mass is 16.5. The lowest BCUT2D eigenvalue weighted by Gasteiger charge is -2.08. The number of hydrogen-bond acceptors (Lipinski definition) is 4. The number of methoxy groups -OCH3 is 1. The van der Waals surface area contributed by atoms with Crippen LogP contribution >= 0.6 is 0 Å². The van der Waals surface area contributed by atoms with Crippen LogP contribution in [0.2, 0.25) is 0 Å². The number of carbonyl (C=O) groups is 2. The maximum absolute atomic E-state index is 11.8. The number of para-hydroxylation sites is 1. The van der Waals surface area contributed by atoms with Crippen molar-refractivity contribution in [2.45, 2.75) is 0 Å². The third kappa shape index (κ3) is 4.35. The Kier molecular flexibility index (Phi) is 4.93. The zero-order valence-electron chi connectivity index (χ0n) is 11.6. The van der Waals surface area contributed by atoms with Gasteiger partial charge in [-0.2, -0.15) is 0 Å². The lowest BCUT2D eigenvalue weighted by molar-refractivity contribution is -0.114. The molecule has 0 aliphatic carbocycles. The van der Waals surface area contributed by atoms with Crippen molar-refractivity contribution in [3.63, 3.8) is 0 Å². The van der Waals surface area contributed by atoms with E-state index in [1.54, 1.807) is 24.3 Å². The van der Waals surface area contributed by atoms with Crippen molar-refractivity contribution < 1.29 is 14.3 Å². The summed E-state index contributed by atoms with van der Waals surface area (Å²) < 4.78 is 4.64. The largest absolute Gasteiger partial charge is 0.465 e. The second kappa shape index (κ2) is 7.09. The maximum Gasteiger partial charge on any atom is 0.337 e. The third-order valence-electron chi connectivity index (χ3n) is 2.79. The molecule has 2 N–H and O–H groups in total. The van der Waals surface area contributed by atoms with E-state index in [2.05, 4.69) is 15.4 Å². The molecule has 21 heavy (non-hydrogen) atoms. The Hall–Kier alpha value is -2.82. The summed E-state index contributed by atoms with van der Waals surface area (Å²) in [4.78, 5) is 23.3. The zero-order valence-corrected chi connectivity index (χ0v) is 11.6. The van der Waals surface area contributed by atoms with Crippen LogP contribution in [0.25, 0.3) is 0 Å². The van der Waals surface area contributed by atoms with Crippen molar-refractivity contribution in [3.8, 4) is 0 Å². The summed E-state index contributed by atoms with van der Waals surface area (Å²) in [5, 5.41) is 5.73. The van der Waals surface area contributed by atoms with Gasteiger partial charge in [-0.1, -0.05) is 24.3 Å². The number of esters is 1. The number of benzene rings is 2. The van der Waals surface area contributed by atoms with Gasteiger partial charge in [-0.25, -0.2) is 4.79 Å². The van der Waals surface area contributed by atoms with Crippen LogP contribution in [-0.4, -0.2) is 25.5 Å². The first-order valence-electron chi connectivity index (χ1n) is 6.46. The van der Waals surface area contributed by atoms with Crippen LogP contribution in [0.1, 0.15) is 10.4 Å². The zero-order chi connectivity index (χ0) is 15.1. The quantitative estimate of drug-likeness (QED) is 0.828. The third-order valence-corrected chi connectivity index (χ3v) is 2.79. The summed E-state index contributed by atoms with van der Waals surface area (Å²) in [6.45, 7) is 0.145. The average molecular weight is 284 g/mol. The molecule has 0 saturated carbocycles. The van der Waals surface area contributed by atoms with Crippen molar-refractivity contribution in [1.29, 1.82) is 0 Å². The van der Waals surface area contributed by atoms with Gasteiger partial charge in [0.25, 0.3) is 0 Å². The molecular formula is C16H16N2O3. The lowest BCUT2D eigenvalue weighted by Crippen LogP contribution is -2.21. The molecule has 2 aromatic rings. The number of carbonyl (C=O) groups excluding carboxylic acids is 2. The summed E-state index contributed by atoms with van der Waals surface area (Å²) in [5.74, 6) is -0.630. The predicted octanol–water partition coefficient (Wildman–Crippen LogP) is 2.52. The Morgan fingerprint density at radius 3 is 2.43 bits per heavy atom. The van der Waals surface area contributed by atoms with E-state index in [9.17, 15) is 9.59 Å².